The van der Waals surface area contributed by atoms with Crippen LogP contribution in [0.2, 0.25) is 0 Å². The van der Waals surface area contributed by atoms with Crippen LogP contribution in [-0.2, 0) is 0 Å². The molecule has 0 spiro atoms. The van der Waals surface area contributed by atoms with Gasteiger partial charge in [0.05, 0.1) is 5.39 Å². The van der Waals surface area contributed by atoms with Crippen molar-refractivity contribution in [3.63, 3.8) is 0 Å². The van der Waals surface area contributed by atoms with E-state index in [9.17, 15) is 0 Å². The SMILES string of the molecule is Cc1cccc(Oc2nc(NN)nc3sccc23)c1C. The minimum Gasteiger partial charge on any atom is -0.438 e. The number of hydrogen-bond donors (Lipinski definition) is 2. The van der Waals surface area contributed by atoms with Gasteiger partial charge < -0.3 is 4.74 Å². The van der Waals surface area contributed by atoms with Gasteiger partial charge in [-0.1, -0.05) is 12.1 Å². The molecule has 102 valence electrons. The Kier molecular flexibility index (Phi) is 3.25. The smallest absolute Gasteiger partial charge is 0.241 e. The molecule has 6 heteroatoms. The number of nitrogen functional groups attached to an aromatic ring is 1. The van der Waals surface area contributed by atoms with Gasteiger partial charge in [0.1, 0.15) is 10.6 Å². The van der Waals surface area contributed by atoms with E-state index in [4.69, 9.17) is 10.6 Å². The van der Waals surface area contributed by atoms with Crippen molar-refractivity contribution >= 4 is 27.5 Å². The quantitative estimate of drug-likeness (QED) is 0.570. The summed E-state index contributed by atoms with van der Waals surface area (Å²) in [7, 11) is 0. The van der Waals surface area contributed by atoms with E-state index < -0.39 is 0 Å². The van der Waals surface area contributed by atoms with Gasteiger partial charge in [-0.2, -0.15) is 4.98 Å². The number of aryl methyl sites for hydroxylation is 1. The summed E-state index contributed by atoms with van der Waals surface area (Å²) in [6, 6.07) is 7.89. The fraction of sp³-hybridized carbons (Fsp3) is 0.143. The summed E-state index contributed by atoms with van der Waals surface area (Å²) in [4.78, 5) is 9.42. The normalized spacial score (nSPS) is 10.8. The molecule has 0 radical (unpaired) electrons. The highest BCUT2D eigenvalue weighted by Crippen LogP contribution is 2.33. The molecule has 1 aromatic carbocycles. The van der Waals surface area contributed by atoms with Gasteiger partial charge in [-0.3, -0.25) is 5.43 Å². The zero-order chi connectivity index (χ0) is 14.1. The van der Waals surface area contributed by atoms with Crippen LogP contribution in [0.25, 0.3) is 10.2 Å². The minimum atomic E-state index is 0.347. The molecule has 0 aliphatic rings. The van der Waals surface area contributed by atoms with E-state index in [1.165, 1.54) is 16.9 Å². The van der Waals surface area contributed by atoms with Gasteiger partial charge >= 0.3 is 0 Å². The van der Waals surface area contributed by atoms with Crippen LogP contribution in [-0.4, -0.2) is 9.97 Å². The van der Waals surface area contributed by atoms with Gasteiger partial charge in [-0.05, 0) is 42.5 Å². The molecule has 0 saturated carbocycles. The monoisotopic (exact) mass is 286 g/mol. The molecule has 3 aromatic rings. The largest absolute Gasteiger partial charge is 0.438 e. The predicted octanol–water partition coefficient (Wildman–Crippen LogP) is 3.39. The molecular formula is C14H14N4OS. The summed E-state index contributed by atoms with van der Waals surface area (Å²) in [5.41, 5.74) is 4.74. The van der Waals surface area contributed by atoms with Crippen molar-refractivity contribution in [1.29, 1.82) is 0 Å². The molecule has 3 rings (SSSR count). The molecule has 0 fully saturated rings. The van der Waals surface area contributed by atoms with Crippen LogP contribution in [0.1, 0.15) is 11.1 Å². The third-order valence-electron chi connectivity index (χ3n) is 3.18. The highest BCUT2D eigenvalue weighted by molar-refractivity contribution is 7.16. The number of nitrogens with two attached hydrogens (primary N) is 1. The van der Waals surface area contributed by atoms with E-state index >= 15 is 0 Å². The first-order valence-electron chi connectivity index (χ1n) is 6.15. The van der Waals surface area contributed by atoms with Crippen molar-refractivity contribution in [2.24, 2.45) is 5.84 Å². The Morgan fingerprint density at radius 3 is 2.85 bits per heavy atom. The van der Waals surface area contributed by atoms with Crippen molar-refractivity contribution in [3.8, 4) is 11.6 Å². The Balaban J connectivity index is 2.10. The molecule has 0 atom stereocenters. The maximum Gasteiger partial charge on any atom is 0.241 e. The Labute approximate surface area is 120 Å². The molecule has 2 heterocycles. The van der Waals surface area contributed by atoms with Gasteiger partial charge in [-0.15, -0.1) is 11.3 Å². The summed E-state index contributed by atoms with van der Waals surface area (Å²) in [5.74, 6) is 7.05. The topological polar surface area (TPSA) is 73.1 Å². The van der Waals surface area contributed by atoms with E-state index in [0.717, 1.165) is 21.5 Å². The van der Waals surface area contributed by atoms with Crippen molar-refractivity contribution < 1.29 is 4.74 Å². The highest BCUT2D eigenvalue weighted by atomic mass is 32.1. The lowest BCUT2D eigenvalue weighted by Gasteiger charge is -2.11. The summed E-state index contributed by atoms with van der Waals surface area (Å²) in [5, 5.41) is 2.84. The molecule has 20 heavy (non-hydrogen) atoms. The number of benzene rings is 1. The standard InChI is InChI=1S/C14H14N4OS/c1-8-4-3-5-11(9(8)2)19-12-10-6-7-20-13(10)17-14(16-12)18-15/h3-7H,15H2,1-2H3,(H,16,17,18). The van der Waals surface area contributed by atoms with Crippen LogP contribution in [0.15, 0.2) is 29.6 Å². The lowest BCUT2D eigenvalue weighted by molar-refractivity contribution is 0.465. The first-order chi connectivity index (χ1) is 9.69. The van der Waals surface area contributed by atoms with Crippen molar-refractivity contribution in [3.05, 3.63) is 40.8 Å². The second-order valence-electron chi connectivity index (χ2n) is 4.44. The summed E-state index contributed by atoms with van der Waals surface area (Å²) in [6.07, 6.45) is 0. The predicted molar refractivity (Wildman–Crippen MR) is 81.2 cm³/mol. The molecule has 2 aromatic heterocycles. The van der Waals surface area contributed by atoms with E-state index in [-0.39, 0.29) is 0 Å². The molecule has 0 aliphatic heterocycles. The third-order valence-corrected chi connectivity index (χ3v) is 3.99. The number of nitrogens with zero attached hydrogens (tertiary/aromatic N) is 2. The van der Waals surface area contributed by atoms with Gasteiger partial charge in [0.25, 0.3) is 0 Å². The number of thiophene rings is 1. The number of aromatic nitrogens is 2. The third kappa shape index (κ3) is 2.19. The second kappa shape index (κ2) is 5.07. The fourth-order valence-electron chi connectivity index (χ4n) is 1.91. The Bertz CT molecular complexity index is 769. The molecular weight excluding hydrogens is 272 g/mol. The zero-order valence-electron chi connectivity index (χ0n) is 11.2. The first kappa shape index (κ1) is 12.8. The Morgan fingerprint density at radius 2 is 2.05 bits per heavy atom. The summed E-state index contributed by atoms with van der Waals surface area (Å²) >= 11 is 1.52. The van der Waals surface area contributed by atoms with E-state index in [0.29, 0.717) is 11.8 Å². The van der Waals surface area contributed by atoms with Crippen LogP contribution in [0.4, 0.5) is 5.95 Å². The Morgan fingerprint density at radius 1 is 1.20 bits per heavy atom. The van der Waals surface area contributed by atoms with Crippen molar-refractivity contribution in [2.45, 2.75) is 13.8 Å². The molecule has 0 aliphatic carbocycles. The van der Waals surface area contributed by atoms with E-state index in [1.807, 2.05) is 30.5 Å². The average molecular weight is 286 g/mol. The van der Waals surface area contributed by atoms with Crippen LogP contribution >= 0.6 is 11.3 Å². The number of fused-ring (bicyclic) bond motifs is 1. The fourth-order valence-corrected chi connectivity index (χ4v) is 2.66. The molecule has 0 saturated heterocycles. The van der Waals surface area contributed by atoms with Gasteiger partial charge in [0, 0.05) is 0 Å². The molecule has 5 nitrogen and oxygen atoms in total. The number of rotatable bonds is 3. The maximum atomic E-state index is 5.96. The van der Waals surface area contributed by atoms with Crippen molar-refractivity contribution in [2.75, 3.05) is 5.43 Å². The zero-order valence-corrected chi connectivity index (χ0v) is 12.0. The number of hydrazine groups is 1. The number of ether oxygens (including phenoxy) is 1. The molecule has 0 amide bonds. The second-order valence-corrected chi connectivity index (χ2v) is 5.33. The summed E-state index contributed by atoms with van der Waals surface area (Å²) < 4.78 is 5.96. The van der Waals surface area contributed by atoms with Crippen LogP contribution in [0.5, 0.6) is 11.6 Å². The average Bonchev–Trinajstić information content (AvgIpc) is 2.92. The van der Waals surface area contributed by atoms with Gasteiger partial charge in [-0.25, -0.2) is 10.8 Å². The van der Waals surface area contributed by atoms with Crippen LogP contribution in [0.3, 0.4) is 0 Å². The summed E-state index contributed by atoms with van der Waals surface area (Å²) in [6.45, 7) is 4.08. The maximum absolute atomic E-state index is 5.96. The van der Waals surface area contributed by atoms with Gasteiger partial charge in [0.15, 0.2) is 0 Å². The van der Waals surface area contributed by atoms with Crippen LogP contribution < -0.4 is 16.0 Å². The molecule has 0 unspecified atom stereocenters. The number of nitrogens with one attached hydrogen (secondary N) is 1. The van der Waals surface area contributed by atoms with E-state index in [2.05, 4.69) is 28.4 Å². The minimum absolute atomic E-state index is 0.347. The Hall–Kier alpha value is -2.18. The first-order valence-corrected chi connectivity index (χ1v) is 7.03. The molecule has 0 bridgehead atoms. The van der Waals surface area contributed by atoms with Gasteiger partial charge in [0.2, 0.25) is 11.8 Å². The van der Waals surface area contributed by atoms with Crippen molar-refractivity contribution in [1.82, 2.24) is 9.97 Å². The lowest BCUT2D eigenvalue weighted by atomic mass is 10.1. The van der Waals surface area contributed by atoms with Crippen LogP contribution in [0, 0.1) is 13.8 Å². The van der Waals surface area contributed by atoms with E-state index in [1.54, 1.807) is 0 Å². The highest BCUT2D eigenvalue weighted by Gasteiger charge is 2.12. The number of anilines is 1. The number of hydrogen-bond acceptors (Lipinski definition) is 6. The lowest BCUT2D eigenvalue weighted by Crippen LogP contribution is -2.10. The molecule has 3 N–H and O–H groups in total.